The molecule has 4 nitrogen and oxygen atoms in total. The fourth-order valence-electron chi connectivity index (χ4n) is 2.87. The average molecular weight is 361 g/mol. The van der Waals surface area contributed by atoms with Crippen LogP contribution in [-0.4, -0.2) is 38.8 Å². The Bertz CT molecular complexity index is 517. The first-order valence-electron chi connectivity index (χ1n) is 8.18. The van der Waals surface area contributed by atoms with E-state index >= 15 is 0 Å². The van der Waals surface area contributed by atoms with Crippen molar-refractivity contribution in [2.45, 2.75) is 26.2 Å². The van der Waals surface area contributed by atoms with Crippen molar-refractivity contribution in [3.63, 3.8) is 0 Å². The van der Waals surface area contributed by atoms with E-state index in [4.69, 9.17) is 32.7 Å². The first-order valence-corrected chi connectivity index (χ1v) is 8.93. The molecule has 0 amide bonds. The van der Waals surface area contributed by atoms with Gasteiger partial charge in [-0.25, -0.2) is 0 Å². The molecule has 1 aliphatic heterocycles. The topological polar surface area (TPSA) is 40.0 Å². The first-order chi connectivity index (χ1) is 11.1. The van der Waals surface area contributed by atoms with Crippen LogP contribution in [0.25, 0.3) is 0 Å². The van der Waals surface area contributed by atoms with Crippen LogP contribution in [0.5, 0.6) is 5.75 Å². The molecular formula is C17H24Cl2NO3+. The van der Waals surface area contributed by atoms with Crippen LogP contribution in [0.3, 0.4) is 0 Å². The lowest BCUT2D eigenvalue weighted by Gasteiger charge is -2.28. The standard InChI is InChI=1S/C17H23Cl2NO3/c1-2-22-17(21)13-6-9-20(10-7-13)8-3-11-23-16-5-4-14(18)12-15(16)19/h4-5,12-13H,2-3,6-11H2,1H3/p+1. The van der Waals surface area contributed by atoms with Crippen LogP contribution in [0.2, 0.25) is 10.0 Å². The second-order valence-electron chi connectivity index (χ2n) is 5.80. The molecule has 6 heteroatoms. The molecule has 128 valence electrons. The monoisotopic (exact) mass is 360 g/mol. The molecule has 0 aliphatic carbocycles. The van der Waals surface area contributed by atoms with Gasteiger partial charge in [0.05, 0.1) is 43.8 Å². The van der Waals surface area contributed by atoms with Gasteiger partial charge in [0.15, 0.2) is 0 Å². The molecule has 0 unspecified atom stereocenters. The molecule has 0 radical (unpaired) electrons. The van der Waals surface area contributed by atoms with E-state index in [1.165, 1.54) is 4.90 Å². The van der Waals surface area contributed by atoms with Gasteiger partial charge < -0.3 is 14.4 Å². The Morgan fingerprint density at radius 1 is 1.30 bits per heavy atom. The van der Waals surface area contributed by atoms with Crippen LogP contribution in [0.4, 0.5) is 0 Å². The highest BCUT2D eigenvalue weighted by molar-refractivity contribution is 6.35. The van der Waals surface area contributed by atoms with E-state index < -0.39 is 0 Å². The van der Waals surface area contributed by atoms with Crippen LogP contribution in [0.1, 0.15) is 26.2 Å². The van der Waals surface area contributed by atoms with Crippen molar-refractivity contribution in [3.05, 3.63) is 28.2 Å². The van der Waals surface area contributed by atoms with Gasteiger partial charge in [-0.15, -0.1) is 0 Å². The molecule has 1 N–H and O–H groups in total. The zero-order valence-corrected chi connectivity index (χ0v) is 15.0. The molecular weight excluding hydrogens is 337 g/mol. The maximum Gasteiger partial charge on any atom is 0.309 e. The summed E-state index contributed by atoms with van der Waals surface area (Å²) >= 11 is 11.9. The van der Waals surface area contributed by atoms with Gasteiger partial charge in [-0.1, -0.05) is 23.2 Å². The number of benzene rings is 1. The highest BCUT2D eigenvalue weighted by atomic mass is 35.5. The fourth-order valence-corrected chi connectivity index (χ4v) is 3.33. The summed E-state index contributed by atoms with van der Waals surface area (Å²) in [6.07, 6.45) is 2.79. The zero-order chi connectivity index (χ0) is 16.7. The van der Waals surface area contributed by atoms with Crippen LogP contribution in [0.15, 0.2) is 18.2 Å². The van der Waals surface area contributed by atoms with E-state index in [2.05, 4.69) is 0 Å². The second kappa shape index (κ2) is 9.36. The Labute approximate surface area is 147 Å². The summed E-state index contributed by atoms with van der Waals surface area (Å²) < 4.78 is 10.8. The number of carbonyl (C=O) groups is 1. The van der Waals surface area contributed by atoms with Gasteiger partial charge in [-0.05, 0) is 25.1 Å². The minimum Gasteiger partial charge on any atom is -0.492 e. The van der Waals surface area contributed by atoms with Gasteiger partial charge in [0, 0.05) is 24.3 Å². The van der Waals surface area contributed by atoms with Gasteiger partial charge in [-0.2, -0.15) is 0 Å². The minimum absolute atomic E-state index is 0.0349. The van der Waals surface area contributed by atoms with E-state index in [1.54, 1.807) is 18.2 Å². The number of piperidine rings is 1. The molecule has 0 spiro atoms. The van der Waals surface area contributed by atoms with Crippen LogP contribution < -0.4 is 9.64 Å². The Morgan fingerprint density at radius 3 is 2.70 bits per heavy atom. The Hall–Kier alpha value is -0.970. The lowest BCUT2D eigenvalue weighted by Crippen LogP contribution is -3.13. The van der Waals surface area contributed by atoms with E-state index in [0.717, 1.165) is 38.9 Å². The summed E-state index contributed by atoms with van der Waals surface area (Å²) in [5.41, 5.74) is 0. The van der Waals surface area contributed by atoms with E-state index in [1.807, 2.05) is 6.92 Å². The van der Waals surface area contributed by atoms with Crippen molar-refractivity contribution in [1.82, 2.24) is 0 Å². The predicted octanol–water partition coefficient (Wildman–Crippen LogP) is 2.62. The lowest BCUT2D eigenvalue weighted by atomic mass is 9.97. The van der Waals surface area contributed by atoms with Crippen molar-refractivity contribution in [2.75, 3.05) is 32.8 Å². The Balaban J connectivity index is 1.63. The SMILES string of the molecule is CCOC(=O)C1CC[NH+](CCCOc2ccc(Cl)cc2Cl)CC1. The summed E-state index contributed by atoms with van der Waals surface area (Å²) in [7, 11) is 0. The van der Waals surface area contributed by atoms with Crippen molar-refractivity contribution in [3.8, 4) is 5.75 Å². The molecule has 23 heavy (non-hydrogen) atoms. The fraction of sp³-hybridized carbons (Fsp3) is 0.588. The van der Waals surface area contributed by atoms with Crippen molar-refractivity contribution in [2.24, 2.45) is 5.92 Å². The van der Waals surface area contributed by atoms with E-state index in [0.29, 0.717) is 29.0 Å². The molecule has 0 aromatic heterocycles. The Morgan fingerprint density at radius 2 is 2.04 bits per heavy atom. The number of quaternary nitrogens is 1. The van der Waals surface area contributed by atoms with E-state index in [9.17, 15) is 4.79 Å². The van der Waals surface area contributed by atoms with Gasteiger partial charge in [0.2, 0.25) is 0 Å². The number of esters is 1. The molecule has 1 aromatic rings. The molecule has 1 saturated heterocycles. The molecule has 2 rings (SSSR count). The molecule has 1 aromatic carbocycles. The summed E-state index contributed by atoms with van der Waals surface area (Å²) in [5.74, 6) is 0.724. The van der Waals surface area contributed by atoms with Crippen molar-refractivity contribution < 1.29 is 19.2 Å². The van der Waals surface area contributed by atoms with Gasteiger partial charge in [-0.3, -0.25) is 4.79 Å². The maximum absolute atomic E-state index is 11.7. The molecule has 0 bridgehead atoms. The molecule has 0 atom stereocenters. The largest absolute Gasteiger partial charge is 0.492 e. The smallest absolute Gasteiger partial charge is 0.309 e. The maximum atomic E-state index is 11.7. The number of hydrogen-bond acceptors (Lipinski definition) is 3. The summed E-state index contributed by atoms with van der Waals surface area (Å²) in [6, 6.07) is 5.25. The quantitative estimate of drug-likeness (QED) is 0.600. The molecule has 1 aliphatic rings. The third-order valence-corrected chi connectivity index (χ3v) is 4.67. The summed E-state index contributed by atoms with van der Waals surface area (Å²) in [4.78, 5) is 13.2. The number of halogens is 2. The number of nitrogens with one attached hydrogen (secondary N) is 1. The van der Waals surface area contributed by atoms with Crippen LogP contribution in [0, 0.1) is 5.92 Å². The highest BCUT2D eigenvalue weighted by Gasteiger charge is 2.27. The van der Waals surface area contributed by atoms with Crippen molar-refractivity contribution in [1.29, 1.82) is 0 Å². The minimum atomic E-state index is -0.0349. The molecule has 1 fully saturated rings. The van der Waals surface area contributed by atoms with E-state index in [-0.39, 0.29) is 11.9 Å². The van der Waals surface area contributed by atoms with Crippen LogP contribution >= 0.6 is 23.2 Å². The average Bonchev–Trinajstić information content (AvgIpc) is 2.54. The molecule has 1 heterocycles. The molecule has 0 saturated carbocycles. The second-order valence-corrected chi connectivity index (χ2v) is 6.65. The third-order valence-electron chi connectivity index (χ3n) is 4.14. The zero-order valence-electron chi connectivity index (χ0n) is 13.4. The summed E-state index contributed by atoms with van der Waals surface area (Å²) in [6.45, 7) is 6.03. The van der Waals surface area contributed by atoms with Gasteiger partial charge in [0.1, 0.15) is 5.75 Å². The van der Waals surface area contributed by atoms with Gasteiger partial charge >= 0.3 is 5.97 Å². The number of rotatable bonds is 7. The van der Waals surface area contributed by atoms with Crippen molar-refractivity contribution >= 4 is 29.2 Å². The number of carbonyl (C=O) groups excluding carboxylic acids is 1. The van der Waals surface area contributed by atoms with Gasteiger partial charge in [0.25, 0.3) is 0 Å². The first kappa shape index (κ1) is 18.4. The highest BCUT2D eigenvalue weighted by Crippen LogP contribution is 2.27. The summed E-state index contributed by atoms with van der Waals surface area (Å²) in [5, 5.41) is 1.15. The third kappa shape index (κ3) is 5.87. The number of ether oxygens (including phenoxy) is 2. The number of hydrogen-bond donors (Lipinski definition) is 1. The predicted molar refractivity (Wildman–Crippen MR) is 91.5 cm³/mol. The Kier molecular flexibility index (Phi) is 7.47. The van der Waals surface area contributed by atoms with Crippen LogP contribution in [-0.2, 0) is 9.53 Å². The lowest BCUT2D eigenvalue weighted by molar-refractivity contribution is -0.906. The normalized spacial score (nSPS) is 21.0. The number of likely N-dealkylation sites (tertiary alicyclic amines) is 1.